The lowest BCUT2D eigenvalue weighted by atomic mass is 9.30. The van der Waals surface area contributed by atoms with Crippen LogP contribution in [-0.2, 0) is 5.54 Å². The average molecular weight is 288 g/mol. The fourth-order valence-corrected chi connectivity index (χ4v) is 3.89. The van der Waals surface area contributed by atoms with Crippen LogP contribution in [0.15, 0.2) is 12.3 Å². The molecular formula is C15H30B2N4. The molecule has 0 aromatic carbocycles. The molecule has 1 saturated heterocycles. The Morgan fingerprint density at radius 2 is 1.81 bits per heavy atom. The van der Waals surface area contributed by atoms with Crippen LogP contribution in [0.4, 0.5) is 5.82 Å². The summed E-state index contributed by atoms with van der Waals surface area (Å²) in [5.41, 5.74) is 0.680. The zero-order chi connectivity index (χ0) is 15.9. The second-order valence-corrected chi connectivity index (χ2v) is 7.25. The van der Waals surface area contributed by atoms with E-state index < -0.39 is 0 Å². The summed E-state index contributed by atoms with van der Waals surface area (Å²) in [5.74, 6) is 1.27. The fraction of sp³-hybridized carbons (Fsp3) is 0.800. The van der Waals surface area contributed by atoms with Crippen molar-refractivity contribution >= 4 is 19.5 Å². The normalized spacial score (nSPS) is 27.1. The van der Waals surface area contributed by atoms with Crippen molar-refractivity contribution in [1.29, 1.82) is 0 Å². The van der Waals surface area contributed by atoms with Crippen molar-refractivity contribution in [2.75, 3.05) is 11.9 Å². The second-order valence-electron chi connectivity index (χ2n) is 7.25. The van der Waals surface area contributed by atoms with Crippen molar-refractivity contribution in [3.63, 3.8) is 0 Å². The minimum atomic E-state index is 0.0241. The van der Waals surface area contributed by atoms with Crippen LogP contribution >= 0.6 is 0 Å². The molecule has 2 atom stereocenters. The quantitative estimate of drug-likeness (QED) is 0.685. The van der Waals surface area contributed by atoms with Crippen molar-refractivity contribution < 1.29 is 0 Å². The molecule has 0 N–H and O–H groups in total. The molecule has 2 unspecified atom stereocenters. The van der Waals surface area contributed by atoms with Crippen LogP contribution in [0.25, 0.3) is 0 Å². The monoisotopic (exact) mass is 288 g/mol. The van der Waals surface area contributed by atoms with Crippen LogP contribution in [0.3, 0.4) is 0 Å². The van der Waals surface area contributed by atoms with E-state index in [2.05, 4.69) is 80.8 Å². The number of likely N-dealkylation sites (N-methyl/N-ethyl adjacent to an activating group) is 1. The largest absolute Gasteiger partial charge is 0.385 e. The summed E-state index contributed by atoms with van der Waals surface area (Å²) in [5, 5.41) is 4.54. The Morgan fingerprint density at radius 1 is 1.24 bits per heavy atom. The highest BCUT2D eigenvalue weighted by molar-refractivity contribution is 6.80. The Balaban J connectivity index is 0.000000497. The van der Waals surface area contributed by atoms with Crippen molar-refractivity contribution in [3.8, 4) is 0 Å². The van der Waals surface area contributed by atoms with E-state index in [9.17, 15) is 0 Å². The van der Waals surface area contributed by atoms with Gasteiger partial charge in [0.2, 0.25) is 6.85 Å². The van der Waals surface area contributed by atoms with Crippen molar-refractivity contribution in [1.82, 2.24) is 14.6 Å². The number of hydrogen-bond acceptors (Lipinski definition) is 3. The van der Waals surface area contributed by atoms with Crippen molar-refractivity contribution in [2.24, 2.45) is 0 Å². The number of hydrogen-bond donors (Lipinski definition) is 0. The Kier molecular flexibility index (Phi) is 4.48. The van der Waals surface area contributed by atoms with Gasteiger partial charge in [0.1, 0.15) is 5.82 Å². The summed E-state index contributed by atoms with van der Waals surface area (Å²) in [6, 6.07) is 2.15. The summed E-state index contributed by atoms with van der Waals surface area (Å²) in [7, 11) is 2.25. The molecule has 0 saturated carbocycles. The third-order valence-corrected chi connectivity index (χ3v) is 5.32. The molecule has 0 bridgehead atoms. The van der Waals surface area contributed by atoms with Crippen LogP contribution in [0.2, 0.25) is 19.4 Å². The predicted molar refractivity (Wildman–Crippen MR) is 94.2 cm³/mol. The molecule has 21 heavy (non-hydrogen) atoms. The Morgan fingerprint density at radius 3 is 2.38 bits per heavy atom. The van der Waals surface area contributed by atoms with Gasteiger partial charge in [-0.15, -0.1) is 0 Å². The first-order chi connectivity index (χ1) is 9.78. The van der Waals surface area contributed by atoms with Crippen LogP contribution in [0, 0.1) is 0 Å². The van der Waals surface area contributed by atoms with Gasteiger partial charge in [0.05, 0.1) is 17.9 Å². The van der Waals surface area contributed by atoms with Gasteiger partial charge in [-0.2, -0.15) is 5.10 Å². The Labute approximate surface area is 131 Å². The summed E-state index contributed by atoms with van der Waals surface area (Å²) in [6.45, 7) is 17.0. The fourth-order valence-electron chi connectivity index (χ4n) is 3.89. The second kappa shape index (κ2) is 5.71. The summed E-state index contributed by atoms with van der Waals surface area (Å²) >= 11 is 0. The highest BCUT2D eigenvalue weighted by atomic mass is 15.5. The number of anilines is 1. The molecule has 0 amide bonds. The lowest BCUT2D eigenvalue weighted by Crippen LogP contribution is -2.68. The van der Waals surface area contributed by atoms with E-state index in [-0.39, 0.29) is 5.54 Å². The first-order valence-corrected chi connectivity index (χ1v) is 8.33. The molecule has 4 nitrogen and oxygen atoms in total. The van der Waals surface area contributed by atoms with E-state index in [0.29, 0.717) is 25.6 Å². The topological polar surface area (TPSA) is 24.3 Å². The smallest absolute Gasteiger partial charge is 0.252 e. The molecule has 116 valence electrons. The van der Waals surface area contributed by atoms with E-state index in [1.165, 1.54) is 12.2 Å². The predicted octanol–water partition coefficient (Wildman–Crippen LogP) is 3.30. The lowest BCUT2D eigenvalue weighted by molar-refractivity contribution is 0.201. The van der Waals surface area contributed by atoms with Crippen molar-refractivity contribution in [2.45, 2.75) is 72.1 Å². The van der Waals surface area contributed by atoms with Gasteiger partial charge in [-0.05, 0) is 27.0 Å². The van der Waals surface area contributed by atoms with Crippen LogP contribution in [0.5, 0.6) is 0 Å². The maximum atomic E-state index is 4.54. The number of fused-ring (bicyclic) bond motifs is 3. The average Bonchev–Trinajstić information content (AvgIpc) is 2.97. The Hall–Kier alpha value is -0.900. The first kappa shape index (κ1) is 16.5. The highest BCUT2D eigenvalue weighted by Gasteiger charge is 2.55. The number of aromatic nitrogens is 2. The van der Waals surface area contributed by atoms with E-state index in [0.717, 1.165) is 0 Å². The molecule has 2 aliphatic rings. The van der Waals surface area contributed by atoms with E-state index >= 15 is 0 Å². The van der Waals surface area contributed by atoms with Crippen LogP contribution in [0.1, 0.15) is 41.0 Å². The highest BCUT2D eigenvalue weighted by Crippen LogP contribution is 2.45. The van der Waals surface area contributed by atoms with E-state index in [1.807, 2.05) is 6.20 Å². The van der Waals surface area contributed by atoms with Gasteiger partial charge >= 0.3 is 0 Å². The summed E-state index contributed by atoms with van der Waals surface area (Å²) in [4.78, 5) is 5.07. The molecule has 3 heterocycles. The van der Waals surface area contributed by atoms with Gasteiger partial charge in [0.25, 0.3) is 6.85 Å². The molecule has 0 radical (unpaired) electrons. The van der Waals surface area contributed by atoms with Gasteiger partial charge in [0, 0.05) is 0 Å². The zero-order valence-corrected chi connectivity index (χ0v) is 15.0. The molecule has 1 aromatic heterocycles. The van der Waals surface area contributed by atoms with Gasteiger partial charge < -0.3 is 9.62 Å². The molecule has 3 rings (SSSR count). The van der Waals surface area contributed by atoms with Gasteiger partial charge in [-0.3, -0.25) is 0 Å². The molecule has 1 fully saturated rings. The molecule has 2 aliphatic heterocycles. The van der Waals surface area contributed by atoms with Crippen LogP contribution in [-0.4, -0.2) is 41.5 Å². The zero-order valence-electron chi connectivity index (χ0n) is 15.0. The third kappa shape index (κ3) is 2.32. The number of nitrogens with zero attached hydrogens (tertiary/aromatic N) is 4. The van der Waals surface area contributed by atoms with Crippen molar-refractivity contribution in [3.05, 3.63) is 12.3 Å². The van der Waals surface area contributed by atoms with Gasteiger partial charge in [-0.25, -0.2) is 4.68 Å². The molecule has 0 aliphatic carbocycles. The van der Waals surface area contributed by atoms with E-state index in [4.69, 9.17) is 0 Å². The minimum Gasteiger partial charge on any atom is -0.385 e. The van der Waals surface area contributed by atoms with Gasteiger partial charge in [-0.1, -0.05) is 46.6 Å². The molecule has 0 spiro atoms. The maximum Gasteiger partial charge on any atom is 0.252 e. The molecule has 1 aromatic rings. The Bertz CT molecular complexity index is 488. The van der Waals surface area contributed by atoms with Gasteiger partial charge in [0.15, 0.2) is 0 Å². The summed E-state index contributed by atoms with van der Waals surface area (Å²) < 4.78 is 2.19. The summed E-state index contributed by atoms with van der Waals surface area (Å²) in [6.07, 6.45) is 3.57. The molecular weight excluding hydrogens is 258 g/mol. The first-order valence-electron chi connectivity index (χ1n) is 8.33. The SMILES string of the molecule is CB1C(C)B(C)N2c3ccnn3C(C)(C)C2N1C.CCC. The minimum absolute atomic E-state index is 0.0241. The number of rotatable bonds is 0. The lowest BCUT2D eigenvalue weighted by Gasteiger charge is -2.51. The standard InChI is InChI=1S/C12H22B2N4.C3H8/c1-9-13(4)16(6)11-12(2,3)18-10(7-8-15-18)17(11)14(9)5;1-3-2/h7-9,11H,1-6H3;3H2,1-2H3. The van der Waals surface area contributed by atoms with Crippen LogP contribution < -0.4 is 4.81 Å². The third-order valence-electron chi connectivity index (χ3n) is 5.32. The van der Waals surface area contributed by atoms with E-state index in [1.54, 1.807) is 0 Å². The molecule has 6 heteroatoms. The maximum absolute atomic E-state index is 4.54.